The van der Waals surface area contributed by atoms with Gasteiger partial charge in [0.15, 0.2) is 0 Å². The van der Waals surface area contributed by atoms with Crippen molar-refractivity contribution in [1.82, 2.24) is 15.0 Å². The lowest BCUT2D eigenvalue weighted by Gasteiger charge is -2.30. The molecule has 0 bridgehead atoms. The summed E-state index contributed by atoms with van der Waals surface area (Å²) in [5.74, 6) is 1.03. The van der Waals surface area contributed by atoms with Crippen LogP contribution in [-0.2, 0) is 7.05 Å². The van der Waals surface area contributed by atoms with Crippen molar-refractivity contribution in [1.29, 1.82) is 0 Å². The van der Waals surface area contributed by atoms with Gasteiger partial charge in [0.25, 0.3) is 0 Å². The number of aryl methyl sites for hydroxylation is 1. The Balaban J connectivity index is 2.06. The van der Waals surface area contributed by atoms with E-state index in [0.717, 1.165) is 31.7 Å². The molecular formula is C8H14N4O. The number of nitrogens with zero attached hydrogens (tertiary/aromatic N) is 4. The predicted molar refractivity (Wildman–Crippen MR) is 48.5 cm³/mol. The molecule has 1 aromatic rings. The molecule has 0 unspecified atom stereocenters. The number of aromatic nitrogens is 3. The van der Waals surface area contributed by atoms with Gasteiger partial charge < -0.3 is 10.0 Å². The van der Waals surface area contributed by atoms with E-state index in [1.807, 2.05) is 7.05 Å². The summed E-state index contributed by atoms with van der Waals surface area (Å²) in [6.45, 7) is 1.78. The predicted octanol–water partition coefficient (Wildman–Crippen LogP) is -0.224. The highest BCUT2D eigenvalue weighted by Gasteiger charge is 2.19. The summed E-state index contributed by atoms with van der Waals surface area (Å²) in [5, 5.41) is 17.0. The zero-order chi connectivity index (χ0) is 9.26. The standard InChI is InChI=1S/C8H14N4O/c1-11-8(6-9-10-11)12-4-2-7(13)3-5-12/h6-7,13H,2-5H2,1H3. The van der Waals surface area contributed by atoms with Gasteiger partial charge in [0.05, 0.1) is 12.3 Å². The molecule has 13 heavy (non-hydrogen) atoms. The van der Waals surface area contributed by atoms with Gasteiger partial charge in [0.2, 0.25) is 0 Å². The Labute approximate surface area is 77.0 Å². The van der Waals surface area contributed by atoms with E-state index in [1.54, 1.807) is 10.9 Å². The summed E-state index contributed by atoms with van der Waals surface area (Å²) in [5.41, 5.74) is 0. The maximum Gasteiger partial charge on any atom is 0.147 e. The molecule has 0 amide bonds. The molecule has 0 aliphatic carbocycles. The van der Waals surface area contributed by atoms with Gasteiger partial charge in [-0.1, -0.05) is 5.21 Å². The minimum Gasteiger partial charge on any atom is -0.393 e. The van der Waals surface area contributed by atoms with Crippen LogP contribution in [0.5, 0.6) is 0 Å². The molecule has 2 rings (SSSR count). The van der Waals surface area contributed by atoms with Crippen molar-refractivity contribution in [2.75, 3.05) is 18.0 Å². The summed E-state index contributed by atoms with van der Waals surface area (Å²) in [6, 6.07) is 0. The average Bonchev–Trinajstić information content (AvgIpc) is 2.53. The number of hydrogen-bond donors (Lipinski definition) is 1. The third-order valence-corrected chi connectivity index (χ3v) is 2.48. The highest BCUT2D eigenvalue weighted by molar-refractivity contribution is 5.36. The molecule has 1 aromatic heterocycles. The topological polar surface area (TPSA) is 54.2 Å². The van der Waals surface area contributed by atoms with Gasteiger partial charge in [-0.15, -0.1) is 5.10 Å². The molecule has 0 spiro atoms. The van der Waals surface area contributed by atoms with Crippen LogP contribution in [0.15, 0.2) is 6.20 Å². The Hall–Kier alpha value is -1.10. The average molecular weight is 182 g/mol. The van der Waals surface area contributed by atoms with Gasteiger partial charge in [0, 0.05) is 20.1 Å². The number of hydrogen-bond acceptors (Lipinski definition) is 4. The van der Waals surface area contributed by atoms with Gasteiger partial charge >= 0.3 is 0 Å². The molecule has 0 saturated carbocycles. The number of aliphatic hydroxyl groups is 1. The lowest BCUT2D eigenvalue weighted by molar-refractivity contribution is 0.145. The second-order valence-electron chi connectivity index (χ2n) is 3.43. The first-order valence-electron chi connectivity index (χ1n) is 4.55. The normalized spacial score (nSPS) is 19.4. The summed E-state index contributed by atoms with van der Waals surface area (Å²) in [7, 11) is 1.88. The second kappa shape index (κ2) is 3.33. The van der Waals surface area contributed by atoms with Gasteiger partial charge in [-0.2, -0.15) is 0 Å². The van der Waals surface area contributed by atoms with Crippen LogP contribution in [0.25, 0.3) is 0 Å². The van der Waals surface area contributed by atoms with Crippen molar-refractivity contribution in [3.63, 3.8) is 0 Å². The minimum atomic E-state index is -0.127. The highest BCUT2D eigenvalue weighted by atomic mass is 16.3. The molecule has 1 aliphatic rings. The van der Waals surface area contributed by atoms with Crippen molar-refractivity contribution in [3.05, 3.63) is 6.20 Å². The quantitative estimate of drug-likeness (QED) is 0.652. The number of piperidine rings is 1. The van der Waals surface area contributed by atoms with Crippen molar-refractivity contribution in [2.45, 2.75) is 18.9 Å². The fraction of sp³-hybridized carbons (Fsp3) is 0.750. The zero-order valence-corrected chi connectivity index (χ0v) is 7.72. The first kappa shape index (κ1) is 8.50. The Bertz CT molecular complexity index is 277. The number of anilines is 1. The molecule has 0 radical (unpaired) electrons. The van der Waals surface area contributed by atoms with Gasteiger partial charge in [-0.05, 0) is 12.8 Å². The maximum absolute atomic E-state index is 9.33. The Morgan fingerprint density at radius 3 is 2.69 bits per heavy atom. The van der Waals surface area contributed by atoms with E-state index >= 15 is 0 Å². The van der Waals surface area contributed by atoms with Crippen LogP contribution >= 0.6 is 0 Å². The molecule has 5 nitrogen and oxygen atoms in total. The number of rotatable bonds is 1. The Morgan fingerprint density at radius 2 is 2.15 bits per heavy atom. The largest absolute Gasteiger partial charge is 0.393 e. The first-order valence-corrected chi connectivity index (χ1v) is 4.55. The van der Waals surface area contributed by atoms with E-state index in [-0.39, 0.29) is 6.10 Å². The fourth-order valence-electron chi connectivity index (χ4n) is 1.67. The summed E-state index contributed by atoms with van der Waals surface area (Å²) >= 11 is 0. The van der Waals surface area contributed by atoms with Crippen LogP contribution in [0.4, 0.5) is 5.82 Å². The molecular weight excluding hydrogens is 168 g/mol. The van der Waals surface area contributed by atoms with Gasteiger partial charge in [-0.25, -0.2) is 4.68 Å². The van der Waals surface area contributed by atoms with Crippen molar-refractivity contribution < 1.29 is 5.11 Å². The molecule has 0 atom stereocenters. The number of aliphatic hydroxyl groups excluding tert-OH is 1. The van der Waals surface area contributed by atoms with Crippen molar-refractivity contribution in [3.8, 4) is 0 Å². The Kier molecular flexibility index (Phi) is 2.18. The third-order valence-electron chi connectivity index (χ3n) is 2.48. The SMILES string of the molecule is Cn1nncc1N1CCC(O)CC1. The van der Waals surface area contributed by atoms with E-state index in [9.17, 15) is 5.11 Å². The van der Waals surface area contributed by atoms with Crippen molar-refractivity contribution >= 4 is 5.82 Å². The van der Waals surface area contributed by atoms with Gasteiger partial charge in [-0.3, -0.25) is 0 Å². The van der Waals surface area contributed by atoms with Crippen LogP contribution in [0.3, 0.4) is 0 Å². The zero-order valence-electron chi connectivity index (χ0n) is 7.72. The molecule has 5 heteroatoms. The molecule has 72 valence electrons. The molecule has 2 heterocycles. The lowest BCUT2D eigenvalue weighted by Crippen LogP contribution is -2.36. The van der Waals surface area contributed by atoms with Crippen LogP contribution in [0, 0.1) is 0 Å². The van der Waals surface area contributed by atoms with Crippen molar-refractivity contribution in [2.24, 2.45) is 7.05 Å². The molecule has 1 N–H and O–H groups in total. The smallest absolute Gasteiger partial charge is 0.147 e. The second-order valence-corrected chi connectivity index (χ2v) is 3.43. The van der Waals surface area contributed by atoms with E-state index in [4.69, 9.17) is 0 Å². The maximum atomic E-state index is 9.33. The lowest BCUT2D eigenvalue weighted by atomic mass is 10.1. The van der Waals surface area contributed by atoms with E-state index in [1.165, 1.54) is 0 Å². The summed E-state index contributed by atoms with van der Waals surface area (Å²) < 4.78 is 1.76. The van der Waals surface area contributed by atoms with Crippen LogP contribution < -0.4 is 4.90 Å². The molecule has 1 aliphatic heterocycles. The van der Waals surface area contributed by atoms with Crippen LogP contribution in [0.1, 0.15) is 12.8 Å². The monoisotopic (exact) mass is 182 g/mol. The molecule has 0 aromatic carbocycles. The minimum absolute atomic E-state index is 0.127. The third kappa shape index (κ3) is 1.65. The highest BCUT2D eigenvalue weighted by Crippen LogP contribution is 2.17. The molecule has 1 fully saturated rings. The summed E-state index contributed by atoms with van der Waals surface area (Å²) in [4.78, 5) is 2.20. The van der Waals surface area contributed by atoms with E-state index < -0.39 is 0 Å². The van der Waals surface area contributed by atoms with Crippen LogP contribution in [0.2, 0.25) is 0 Å². The van der Waals surface area contributed by atoms with Gasteiger partial charge in [0.1, 0.15) is 5.82 Å². The summed E-state index contributed by atoms with van der Waals surface area (Å²) in [6.07, 6.45) is 3.31. The first-order chi connectivity index (χ1) is 6.27. The fourth-order valence-corrected chi connectivity index (χ4v) is 1.67. The van der Waals surface area contributed by atoms with Crippen LogP contribution in [-0.4, -0.2) is 39.3 Å². The molecule has 1 saturated heterocycles. The van der Waals surface area contributed by atoms with E-state index in [2.05, 4.69) is 15.2 Å². The van der Waals surface area contributed by atoms with E-state index in [0.29, 0.717) is 0 Å². The Morgan fingerprint density at radius 1 is 1.46 bits per heavy atom.